The van der Waals surface area contributed by atoms with Crippen LogP contribution in [0.3, 0.4) is 0 Å². The maximum Gasteiger partial charge on any atom is 0.227 e. The summed E-state index contributed by atoms with van der Waals surface area (Å²) < 4.78 is 27.4. The molecule has 2 aliphatic heterocycles. The van der Waals surface area contributed by atoms with E-state index >= 15 is 0 Å². The summed E-state index contributed by atoms with van der Waals surface area (Å²) in [5.41, 5.74) is 4.03. The first-order valence-corrected chi connectivity index (χ1v) is 13.2. The first-order chi connectivity index (χ1) is 17.9. The zero-order valence-electron chi connectivity index (χ0n) is 21.5. The van der Waals surface area contributed by atoms with Crippen molar-refractivity contribution in [2.24, 2.45) is 5.92 Å². The molecule has 0 aromatic heterocycles. The maximum absolute atomic E-state index is 14.0. The van der Waals surface area contributed by atoms with Crippen LogP contribution >= 0.6 is 0 Å². The molecule has 0 N–H and O–H groups in total. The first kappa shape index (κ1) is 25.6. The Morgan fingerprint density at radius 1 is 0.811 bits per heavy atom. The van der Waals surface area contributed by atoms with Crippen LogP contribution in [0.2, 0.25) is 0 Å². The fourth-order valence-corrected chi connectivity index (χ4v) is 5.74. The number of likely N-dealkylation sites (tertiary alicyclic amines) is 1. The molecule has 0 bridgehead atoms. The highest BCUT2D eigenvalue weighted by Gasteiger charge is 2.35. The second-order valence-corrected chi connectivity index (χ2v) is 10.5. The number of piperidine rings is 1. The SMILES string of the molecule is Cc1cc([C@H]2C[C@@H](C(=O)N3CCN(Cc4ccccc4)CC3)CN(Cc3ccc(F)cc3)C2)ccc1F. The van der Waals surface area contributed by atoms with E-state index < -0.39 is 0 Å². The zero-order chi connectivity index (χ0) is 25.8. The van der Waals surface area contributed by atoms with Gasteiger partial charge in [-0.15, -0.1) is 0 Å². The van der Waals surface area contributed by atoms with E-state index in [1.54, 1.807) is 6.92 Å². The number of hydrogen-bond donors (Lipinski definition) is 0. The van der Waals surface area contributed by atoms with Crippen molar-refractivity contribution in [3.8, 4) is 0 Å². The molecular weight excluding hydrogens is 468 g/mol. The number of rotatable bonds is 6. The molecule has 0 unspecified atom stereocenters. The number of hydrogen-bond acceptors (Lipinski definition) is 3. The summed E-state index contributed by atoms with van der Waals surface area (Å²) in [7, 11) is 0. The normalized spacial score (nSPS) is 21.2. The lowest BCUT2D eigenvalue weighted by molar-refractivity contribution is -0.139. The van der Waals surface area contributed by atoms with Gasteiger partial charge in [-0.05, 0) is 59.7 Å². The molecule has 2 aliphatic rings. The summed E-state index contributed by atoms with van der Waals surface area (Å²) in [5.74, 6) is -0.218. The molecule has 2 heterocycles. The van der Waals surface area contributed by atoms with Crippen molar-refractivity contribution >= 4 is 5.91 Å². The molecule has 1 amide bonds. The molecule has 0 saturated carbocycles. The molecule has 194 valence electrons. The molecule has 2 fully saturated rings. The lowest BCUT2D eigenvalue weighted by Crippen LogP contribution is -2.53. The van der Waals surface area contributed by atoms with E-state index in [2.05, 4.69) is 34.1 Å². The molecule has 0 aliphatic carbocycles. The summed E-state index contributed by atoms with van der Waals surface area (Å²) in [4.78, 5) is 20.5. The fourth-order valence-electron chi connectivity index (χ4n) is 5.74. The number of amides is 1. The van der Waals surface area contributed by atoms with Crippen molar-refractivity contribution in [2.45, 2.75) is 32.4 Å². The van der Waals surface area contributed by atoms with Gasteiger partial charge < -0.3 is 4.90 Å². The minimum absolute atomic E-state index is 0.120. The van der Waals surface area contributed by atoms with Crippen LogP contribution in [0.4, 0.5) is 8.78 Å². The van der Waals surface area contributed by atoms with Gasteiger partial charge in [-0.3, -0.25) is 14.6 Å². The molecular formula is C31H35F2N3O. The third-order valence-corrected chi connectivity index (χ3v) is 7.78. The Labute approximate surface area is 218 Å². The van der Waals surface area contributed by atoms with Gasteiger partial charge in [0, 0.05) is 52.4 Å². The molecule has 3 aromatic carbocycles. The Bertz CT molecular complexity index is 1190. The standard InChI is InChI=1S/C31H35F2N3O/c1-23-17-26(9-12-30(23)33)27-18-28(22-35(21-27)20-25-7-10-29(32)11-8-25)31(37)36-15-13-34(14-16-36)19-24-5-3-2-4-6-24/h2-12,17,27-28H,13-16,18-22H2,1H3/t27-,28+/m0/s1. The first-order valence-electron chi connectivity index (χ1n) is 13.2. The minimum Gasteiger partial charge on any atom is -0.340 e. The number of carbonyl (C=O) groups is 1. The predicted molar refractivity (Wildman–Crippen MR) is 142 cm³/mol. The molecule has 0 radical (unpaired) electrons. The molecule has 6 heteroatoms. The van der Waals surface area contributed by atoms with Crippen LogP contribution in [-0.2, 0) is 17.9 Å². The van der Waals surface area contributed by atoms with Crippen LogP contribution in [0, 0.1) is 24.5 Å². The van der Waals surface area contributed by atoms with E-state index in [1.165, 1.54) is 23.8 Å². The molecule has 37 heavy (non-hydrogen) atoms. The van der Waals surface area contributed by atoms with Crippen LogP contribution in [0.15, 0.2) is 72.8 Å². The van der Waals surface area contributed by atoms with Gasteiger partial charge in [0.05, 0.1) is 5.92 Å². The average Bonchev–Trinajstić information content (AvgIpc) is 2.92. The number of carbonyl (C=O) groups excluding carboxylic acids is 1. The Balaban J connectivity index is 1.27. The second-order valence-electron chi connectivity index (χ2n) is 10.5. The van der Waals surface area contributed by atoms with Crippen molar-refractivity contribution in [1.29, 1.82) is 0 Å². The van der Waals surface area contributed by atoms with Gasteiger partial charge in [0.25, 0.3) is 0 Å². The Morgan fingerprint density at radius 3 is 2.19 bits per heavy atom. The topological polar surface area (TPSA) is 26.8 Å². The van der Waals surface area contributed by atoms with Gasteiger partial charge in [-0.1, -0.05) is 54.6 Å². The van der Waals surface area contributed by atoms with Gasteiger partial charge >= 0.3 is 0 Å². The van der Waals surface area contributed by atoms with Crippen LogP contribution in [0.1, 0.15) is 34.6 Å². The third kappa shape index (κ3) is 6.43. The molecule has 3 aromatic rings. The molecule has 2 atom stereocenters. The monoisotopic (exact) mass is 503 g/mol. The third-order valence-electron chi connectivity index (χ3n) is 7.78. The van der Waals surface area contributed by atoms with Gasteiger partial charge in [-0.25, -0.2) is 8.78 Å². The quantitative estimate of drug-likeness (QED) is 0.461. The van der Waals surface area contributed by atoms with Gasteiger partial charge in [0.2, 0.25) is 5.91 Å². The summed E-state index contributed by atoms with van der Waals surface area (Å²) in [6.07, 6.45) is 0.758. The van der Waals surface area contributed by atoms with Crippen molar-refractivity contribution in [2.75, 3.05) is 39.3 Å². The summed E-state index contributed by atoms with van der Waals surface area (Å²) in [5, 5.41) is 0. The van der Waals surface area contributed by atoms with Crippen LogP contribution < -0.4 is 0 Å². The summed E-state index contributed by atoms with van der Waals surface area (Å²) in [6.45, 7) is 8.03. The zero-order valence-corrected chi connectivity index (χ0v) is 21.5. The van der Waals surface area contributed by atoms with Crippen molar-refractivity contribution in [1.82, 2.24) is 14.7 Å². The lowest BCUT2D eigenvalue weighted by atomic mass is 9.83. The van der Waals surface area contributed by atoms with E-state index in [4.69, 9.17) is 0 Å². The highest BCUT2D eigenvalue weighted by molar-refractivity contribution is 5.79. The fraction of sp³-hybridized carbons (Fsp3) is 0.387. The summed E-state index contributed by atoms with van der Waals surface area (Å²) in [6, 6.07) is 22.4. The highest BCUT2D eigenvalue weighted by atomic mass is 19.1. The second kappa shape index (κ2) is 11.5. The highest BCUT2D eigenvalue weighted by Crippen LogP contribution is 2.33. The number of halogens is 2. The molecule has 4 nitrogen and oxygen atoms in total. The molecule has 5 rings (SSSR count). The largest absolute Gasteiger partial charge is 0.340 e. The Hall–Kier alpha value is -3.09. The summed E-state index contributed by atoms with van der Waals surface area (Å²) >= 11 is 0. The minimum atomic E-state index is -0.249. The predicted octanol–water partition coefficient (Wildman–Crippen LogP) is 5.22. The Morgan fingerprint density at radius 2 is 1.49 bits per heavy atom. The average molecular weight is 504 g/mol. The van der Waals surface area contributed by atoms with Crippen LogP contribution in [0.5, 0.6) is 0 Å². The van der Waals surface area contributed by atoms with Gasteiger partial charge in [-0.2, -0.15) is 0 Å². The van der Waals surface area contributed by atoms with Crippen LogP contribution in [0.25, 0.3) is 0 Å². The lowest BCUT2D eigenvalue weighted by Gasteiger charge is -2.41. The van der Waals surface area contributed by atoms with Gasteiger partial charge in [0.15, 0.2) is 0 Å². The Kier molecular flexibility index (Phi) is 7.96. The van der Waals surface area contributed by atoms with E-state index in [9.17, 15) is 13.6 Å². The maximum atomic E-state index is 14.0. The van der Waals surface area contributed by atoms with E-state index in [-0.39, 0.29) is 29.4 Å². The van der Waals surface area contributed by atoms with Crippen LogP contribution in [-0.4, -0.2) is 59.9 Å². The number of benzene rings is 3. The van der Waals surface area contributed by atoms with Crippen molar-refractivity contribution in [3.05, 3.63) is 107 Å². The molecule has 0 spiro atoms. The van der Waals surface area contributed by atoms with E-state index in [0.29, 0.717) is 18.7 Å². The van der Waals surface area contributed by atoms with E-state index in [0.717, 1.165) is 56.8 Å². The van der Waals surface area contributed by atoms with Gasteiger partial charge in [0.1, 0.15) is 11.6 Å². The number of nitrogens with zero attached hydrogens (tertiary/aromatic N) is 3. The molecule has 2 saturated heterocycles. The van der Waals surface area contributed by atoms with E-state index in [1.807, 2.05) is 35.2 Å². The number of aryl methyl sites for hydroxylation is 1. The van der Waals surface area contributed by atoms with Crippen molar-refractivity contribution < 1.29 is 13.6 Å². The van der Waals surface area contributed by atoms with Crippen molar-refractivity contribution in [3.63, 3.8) is 0 Å². The number of piperazine rings is 1. The smallest absolute Gasteiger partial charge is 0.227 e.